The summed E-state index contributed by atoms with van der Waals surface area (Å²) >= 11 is 0. The molecule has 2 aromatic carbocycles. The Hall–Kier alpha value is -3.39. The summed E-state index contributed by atoms with van der Waals surface area (Å²) in [6.07, 6.45) is -1.59. The van der Waals surface area contributed by atoms with E-state index in [1.165, 1.54) is 0 Å². The monoisotopic (exact) mass is 440 g/mol. The van der Waals surface area contributed by atoms with E-state index in [0.29, 0.717) is 0 Å². The fraction of sp³-hybridized carbons (Fsp3) is 0.375. The van der Waals surface area contributed by atoms with Gasteiger partial charge in [0, 0.05) is 18.8 Å². The van der Waals surface area contributed by atoms with E-state index in [4.69, 9.17) is 15.2 Å². The van der Waals surface area contributed by atoms with Crippen LogP contribution in [-0.2, 0) is 19.1 Å². The summed E-state index contributed by atoms with van der Waals surface area (Å²) in [5, 5.41) is 11.7. The Balaban J connectivity index is 1.64. The topological polar surface area (TPSA) is 128 Å². The summed E-state index contributed by atoms with van der Waals surface area (Å²) in [4.78, 5) is 36.1. The van der Waals surface area contributed by atoms with Crippen molar-refractivity contribution in [1.29, 1.82) is 0 Å². The molecule has 0 spiro atoms. The minimum atomic E-state index is -2.17. The third-order valence-corrected chi connectivity index (χ3v) is 5.19. The highest BCUT2D eigenvalue weighted by Crippen LogP contribution is 2.44. The van der Waals surface area contributed by atoms with E-state index in [2.05, 4.69) is 5.32 Å². The average Bonchev–Trinajstić information content (AvgIpc) is 3.03. The summed E-state index contributed by atoms with van der Waals surface area (Å²) < 4.78 is 10.5. The Morgan fingerprint density at radius 3 is 2.03 bits per heavy atom. The van der Waals surface area contributed by atoms with Crippen molar-refractivity contribution >= 4 is 18.0 Å². The van der Waals surface area contributed by atoms with Gasteiger partial charge >= 0.3 is 18.0 Å². The standard InChI is InChI=1S/C24H28N2O6/c1-23(2,3)32-20(27)12-13-24(25,21(28)29)26-22(30)31-14-19-17-10-6-4-8-15(17)16-9-5-7-11-18(16)19/h4-11,19H,12-14,25H2,1-3H3,(H,26,30)(H,28,29). The van der Waals surface area contributed by atoms with Gasteiger partial charge in [0.05, 0.1) is 0 Å². The molecule has 0 aliphatic heterocycles. The predicted molar refractivity (Wildman–Crippen MR) is 118 cm³/mol. The molecule has 0 saturated heterocycles. The molecule has 2 aromatic rings. The van der Waals surface area contributed by atoms with Crippen LogP contribution in [0.3, 0.4) is 0 Å². The molecule has 170 valence electrons. The van der Waals surface area contributed by atoms with Gasteiger partial charge in [-0.15, -0.1) is 0 Å². The van der Waals surface area contributed by atoms with Gasteiger partial charge in [-0.25, -0.2) is 9.59 Å². The van der Waals surface area contributed by atoms with Crippen LogP contribution >= 0.6 is 0 Å². The number of aliphatic carboxylic acids is 1. The second kappa shape index (κ2) is 9.00. The third-order valence-electron chi connectivity index (χ3n) is 5.19. The molecule has 1 amide bonds. The quantitative estimate of drug-likeness (QED) is 0.445. The van der Waals surface area contributed by atoms with Crippen molar-refractivity contribution in [1.82, 2.24) is 5.32 Å². The molecule has 1 aliphatic rings. The molecule has 4 N–H and O–H groups in total. The van der Waals surface area contributed by atoms with Gasteiger partial charge in [-0.3, -0.25) is 15.8 Å². The van der Waals surface area contributed by atoms with E-state index in [1.54, 1.807) is 20.8 Å². The van der Waals surface area contributed by atoms with Crippen LogP contribution in [0.25, 0.3) is 11.1 Å². The molecule has 0 saturated carbocycles. The summed E-state index contributed by atoms with van der Waals surface area (Å²) in [6, 6.07) is 15.7. The molecule has 3 rings (SSSR count). The molecule has 1 unspecified atom stereocenters. The molecule has 0 heterocycles. The highest BCUT2D eigenvalue weighted by Gasteiger charge is 2.38. The number of fused-ring (bicyclic) bond motifs is 3. The lowest BCUT2D eigenvalue weighted by molar-refractivity contribution is -0.156. The lowest BCUT2D eigenvalue weighted by Crippen LogP contribution is -2.62. The zero-order valence-electron chi connectivity index (χ0n) is 18.4. The van der Waals surface area contributed by atoms with Crippen molar-refractivity contribution in [2.45, 2.75) is 50.8 Å². The van der Waals surface area contributed by atoms with Gasteiger partial charge in [0.2, 0.25) is 0 Å². The first-order valence-corrected chi connectivity index (χ1v) is 10.4. The number of rotatable bonds is 7. The number of carboxylic acids is 1. The minimum absolute atomic E-state index is 0.0155. The lowest BCUT2D eigenvalue weighted by atomic mass is 9.98. The number of benzene rings is 2. The third kappa shape index (κ3) is 5.26. The largest absolute Gasteiger partial charge is 0.478 e. The molecule has 1 aliphatic carbocycles. The summed E-state index contributed by atoms with van der Waals surface area (Å²) in [5.74, 6) is -2.26. The molecule has 8 nitrogen and oxygen atoms in total. The van der Waals surface area contributed by atoms with Crippen molar-refractivity contribution < 1.29 is 29.0 Å². The SMILES string of the molecule is CC(C)(C)OC(=O)CCC(N)(NC(=O)OCC1c2ccccc2-c2ccccc21)C(=O)O. The van der Waals surface area contributed by atoms with E-state index >= 15 is 0 Å². The van der Waals surface area contributed by atoms with E-state index < -0.39 is 29.3 Å². The second-order valence-electron chi connectivity index (χ2n) is 8.81. The number of carboxylic acid groups (broad SMARTS) is 1. The lowest BCUT2D eigenvalue weighted by Gasteiger charge is -2.26. The maximum atomic E-state index is 12.4. The first-order valence-electron chi connectivity index (χ1n) is 10.4. The van der Waals surface area contributed by atoms with Crippen molar-refractivity contribution in [3.05, 3.63) is 59.7 Å². The maximum Gasteiger partial charge on any atom is 0.409 e. The second-order valence-corrected chi connectivity index (χ2v) is 8.81. The highest BCUT2D eigenvalue weighted by atomic mass is 16.6. The van der Waals surface area contributed by atoms with E-state index in [0.717, 1.165) is 22.3 Å². The fourth-order valence-electron chi connectivity index (χ4n) is 3.73. The maximum absolute atomic E-state index is 12.4. The first kappa shape index (κ1) is 23.3. The van der Waals surface area contributed by atoms with Crippen LogP contribution in [0, 0.1) is 0 Å². The van der Waals surface area contributed by atoms with Crippen LogP contribution in [0.1, 0.15) is 50.7 Å². The number of ether oxygens (including phenoxy) is 2. The predicted octanol–water partition coefficient (Wildman–Crippen LogP) is 3.39. The van der Waals surface area contributed by atoms with Gasteiger partial charge < -0.3 is 14.6 Å². The van der Waals surface area contributed by atoms with Crippen LogP contribution in [0.15, 0.2) is 48.5 Å². The minimum Gasteiger partial charge on any atom is -0.478 e. The molecule has 32 heavy (non-hydrogen) atoms. The van der Waals surface area contributed by atoms with E-state index in [-0.39, 0.29) is 25.4 Å². The Bertz CT molecular complexity index is 984. The number of nitrogens with one attached hydrogen (secondary N) is 1. The Labute approximate surface area is 186 Å². The van der Waals surface area contributed by atoms with Crippen LogP contribution in [0.5, 0.6) is 0 Å². The van der Waals surface area contributed by atoms with Crippen LogP contribution < -0.4 is 11.1 Å². The number of amides is 1. The number of esters is 1. The number of carbonyl (C=O) groups excluding carboxylic acids is 2. The Morgan fingerprint density at radius 2 is 1.53 bits per heavy atom. The van der Waals surface area contributed by atoms with Gasteiger partial charge in [0.1, 0.15) is 12.2 Å². The van der Waals surface area contributed by atoms with Crippen molar-refractivity contribution in [2.75, 3.05) is 6.61 Å². The number of hydrogen-bond donors (Lipinski definition) is 3. The Morgan fingerprint density at radius 1 is 1.00 bits per heavy atom. The van der Waals surface area contributed by atoms with Gasteiger partial charge in [-0.05, 0) is 43.0 Å². The Kier molecular flexibility index (Phi) is 6.55. The zero-order valence-corrected chi connectivity index (χ0v) is 18.4. The van der Waals surface area contributed by atoms with Gasteiger partial charge in [-0.1, -0.05) is 48.5 Å². The van der Waals surface area contributed by atoms with Crippen molar-refractivity contribution in [3.63, 3.8) is 0 Å². The van der Waals surface area contributed by atoms with Crippen LogP contribution in [0.2, 0.25) is 0 Å². The fourth-order valence-corrected chi connectivity index (χ4v) is 3.73. The number of hydrogen-bond acceptors (Lipinski definition) is 6. The molecule has 8 heteroatoms. The molecule has 0 radical (unpaired) electrons. The van der Waals surface area contributed by atoms with Crippen molar-refractivity contribution in [3.8, 4) is 11.1 Å². The van der Waals surface area contributed by atoms with Crippen LogP contribution in [-0.4, -0.2) is 41.0 Å². The molecule has 0 bridgehead atoms. The van der Waals surface area contributed by atoms with E-state index in [1.807, 2.05) is 48.5 Å². The van der Waals surface area contributed by atoms with E-state index in [9.17, 15) is 19.5 Å². The number of carbonyl (C=O) groups is 3. The molecular formula is C24H28N2O6. The molecule has 1 atom stereocenters. The highest BCUT2D eigenvalue weighted by molar-refractivity contribution is 5.84. The van der Waals surface area contributed by atoms with Gasteiger partial charge in [0.15, 0.2) is 5.66 Å². The smallest absolute Gasteiger partial charge is 0.409 e. The number of alkyl carbamates (subject to hydrolysis) is 1. The van der Waals surface area contributed by atoms with Crippen molar-refractivity contribution in [2.24, 2.45) is 5.73 Å². The average molecular weight is 440 g/mol. The summed E-state index contributed by atoms with van der Waals surface area (Å²) in [5.41, 5.74) is 7.21. The molecule has 0 fully saturated rings. The van der Waals surface area contributed by atoms with Gasteiger partial charge in [0.25, 0.3) is 0 Å². The zero-order chi connectivity index (χ0) is 23.5. The summed E-state index contributed by atoms with van der Waals surface area (Å²) in [7, 11) is 0. The van der Waals surface area contributed by atoms with Gasteiger partial charge in [-0.2, -0.15) is 0 Å². The number of nitrogens with two attached hydrogens (primary N) is 1. The first-order chi connectivity index (χ1) is 15.0. The molecule has 0 aromatic heterocycles. The van der Waals surface area contributed by atoms with Crippen LogP contribution in [0.4, 0.5) is 4.79 Å². The summed E-state index contributed by atoms with van der Waals surface area (Å²) in [6.45, 7) is 5.12. The molecular weight excluding hydrogens is 412 g/mol. The normalized spacial score (nSPS) is 14.6.